The average molecular weight is 337 g/mol. The highest BCUT2D eigenvalue weighted by Gasteiger charge is 2.28. The summed E-state index contributed by atoms with van der Waals surface area (Å²) in [4.78, 5) is 34.4. The molecule has 2 rings (SSSR count). The minimum Gasteiger partial charge on any atom is -0.444 e. The second kappa shape index (κ2) is 7.41. The molecule has 24 heavy (non-hydrogen) atoms. The minimum absolute atomic E-state index is 0.259. The molecule has 1 aliphatic heterocycles. The van der Waals surface area contributed by atoms with Crippen LogP contribution in [0.1, 0.15) is 51.8 Å². The predicted molar refractivity (Wildman–Crippen MR) is 84.0 cm³/mol. The largest absolute Gasteiger partial charge is 0.444 e. The van der Waals surface area contributed by atoms with Gasteiger partial charge in [-0.25, -0.2) is 9.48 Å². The summed E-state index contributed by atoms with van der Waals surface area (Å²) in [7, 11) is 0. The maximum absolute atomic E-state index is 11.8. The van der Waals surface area contributed by atoms with Gasteiger partial charge in [0.15, 0.2) is 0 Å². The Morgan fingerprint density at radius 1 is 1.46 bits per heavy atom. The molecule has 1 saturated heterocycles. The van der Waals surface area contributed by atoms with Gasteiger partial charge < -0.3 is 10.1 Å². The summed E-state index contributed by atoms with van der Waals surface area (Å²) < 4.78 is 6.62. The van der Waals surface area contributed by atoms with E-state index in [2.05, 4.69) is 20.9 Å². The number of aryl methyl sites for hydroxylation is 1. The van der Waals surface area contributed by atoms with Gasteiger partial charge in [-0.3, -0.25) is 14.9 Å². The summed E-state index contributed by atoms with van der Waals surface area (Å²) in [5.74, 6) is -0.612. The highest BCUT2D eigenvalue weighted by molar-refractivity contribution is 5.99. The Bertz CT molecular complexity index is 620. The van der Waals surface area contributed by atoms with E-state index in [-0.39, 0.29) is 11.8 Å². The molecule has 1 atom stereocenters. The van der Waals surface area contributed by atoms with Crippen LogP contribution in [0.5, 0.6) is 0 Å². The van der Waals surface area contributed by atoms with Crippen molar-refractivity contribution < 1.29 is 19.1 Å². The molecule has 1 aromatic heterocycles. The lowest BCUT2D eigenvalue weighted by Gasteiger charge is -2.20. The molecule has 2 heterocycles. The number of nitrogens with zero attached hydrogens (tertiary/aromatic N) is 3. The summed E-state index contributed by atoms with van der Waals surface area (Å²) in [6.07, 6.45) is 3.26. The second-order valence-electron chi connectivity index (χ2n) is 6.69. The third-order valence-electron chi connectivity index (χ3n) is 3.37. The number of carbonyl (C=O) groups is 3. The van der Waals surface area contributed by atoms with Crippen molar-refractivity contribution in [1.82, 2.24) is 25.6 Å². The van der Waals surface area contributed by atoms with Crippen LogP contribution in [0.4, 0.5) is 4.79 Å². The number of ether oxygens (including phenoxy) is 1. The number of nitrogens with one attached hydrogen (secondary N) is 2. The van der Waals surface area contributed by atoms with E-state index in [0.717, 1.165) is 5.69 Å². The van der Waals surface area contributed by atoms with Crippen molar-refractivity contribution in [2.75, 3.05) is 6.54 Å². The molecule has 9 nitrogen and oxygen atoms in total. The Balaban J connectivity index is 1.75. The van der Waals surface area contributed by atoms with E-state index in [9.17, 15) is 14.4 Å². The van der Waals surface area contributed by atoms with Crippen LogP contribution in [0.25, 0.3) is 0 Å². The van der Waals surface area contributed by atoms with Crippen molar-refractivity contribution in [3.05, 3.63) is 11.9 Å². The molecule has 1 aromatic rings. The van der Waals surface area contributed by atoms with Crippen LogP contribution < -0.4 is 10.6 Å². The molecule has 0 saturated carbocycles. The zero-order valence-corrected chi connectivity index (χ0v) is 14.2. The smallest absolute Gasteiger partial charge is 0.407 e. The Labute approximate surface area is 140 Å². The summed E-state index contributed by atoms with van der Waals surface area (Å²) in [5, 5.41) is 13.0. The molecule has 1 unspecified atom stereocenters. The van der Waals surface area contributed by atoms with Gasteiger partial charge >= 0.3 is 6.09 Å². The zero-order valence-electron chi connectivity index (χ0n) is 14.2. The van der Waals surface area contributed by atoms with Gasteiger partial charge in [0, 0.05) is 19.2 Å². The molecule has 0 radical (unpaired) electrons. The van der Waals surface area contributed by atoms with Gasteiger partial charge in [0.1, 0.15) is 11.6 Å². The summed E-state index contributed by atoms with van der Waals surface area (Å²) in [5.41, 5.74) is 0.208. The maximum atomic E-state index is 11.8. The van der Waals surface area contributed by atoms with Gasteiger partial charge in [-0.2, -0.15) is 0 Å². The van der Waals surface area contributed by atoms with Gasteiger partial charge in [-0.1, -0.05) is 5.21 Å². The minimum atomic E-state index is -0.519. The monoisotopic (exact) mass is 337 g/mol. The van der Waals surface area contributed by atoms with Gasteiger partial charge in [0.25, 0.3) is 5.91 Å². The highest BCUT2D eigenvalue weighted by Crippen LogP contribution is 2.17. The van der Waals surface area contributed by atoms with E-state index in [1.165, 1.54) is 4.68 Å². The van der Waals surface area contributed by atoms with Gasteiger partial charge in [-0.05, 0) is 40.0 Å². The molecule has 132 valence electrons. The maximum Gasteiger partial charge on any atom is 0.407 e. The van der Waals surface area contributed by atoms with Crippen molar-refractivity contribution >= 4 is 17.9 Å². The van der Waals surface area contributed by atoms with Gasteiger partial charge in [0.2, 0.25) is 5.91 Å². The van der Waals surface area contributed by atoms with Crippen LogP contribution >= 0.6 is 0 Å². The molecular weight excluding hydrogens is 314 g/mol. The first-order valence-electron chi connectivity index (χ1n) is 7.96. The zero-order chi connectivity index (χ0) is 17.7. The van der Waals surface area contributed by atoms with Gasteiger partial charge in [-0.15, -0.1) is 5.10 Å². The second-order valence-corrected chi connectivity index (χ2v) is 6.69. The number of carbonyl (C=O) groups excluding carboxylic acids is 3. The summed E-state index contributed by atoms with van der Waals surface area (Å²) in [6.45, 7) is 5.87. The van der Waals surface area contributed by atoms with Crippen LogP contribution in [0.2, 0.25) is 0 Å². The van der Waals surface area contributed by atoms with Crippen LogP contribution in [0.15, 0.2) is 6.20 Å². The molecule has 3 amide bonds. The molecule has 0 bridgehead atoms. The van der Waals surface area contributed by atoms with E-state index in [1.807, 2.05) is 0 Å². The van der Waals surface area contributed by atoms with E-state index in [1.54, 1.807) is 27.0 Å². The fourth-order valence-electron chi connectivity index (χ4n) is 2.29. The first-order chi connectivity index (χ1) is 11.2. The number of imide groups is 1. The van der Waals surface area contributed by atoms with Crippen molar-refractivity contribution in [3.8, 4) is 0 Å². The normalized spacial score (nSPS) is 18.2. The lowest BCUT2D eigenvalue weighted by Crippen LogP contribution is -2.41. The van der Waals surface area contributed by atoms with E-state index in [4.69, 9.17) is 4.74 Å². The van der Waals surface area contributed by atoms with E-state index in [0.29, 0.717) is 32.2 Å². The Morgan fingerprint density at radius 3 is 2.88 bits per heavy atom. The SMILES string of the molecule is CC(C)(C)OC(=O)NCCCc1cn(C2CCC(=O)NC2=O)nn1. The van der Waals surface area contributed by atoms with Crippen molar-refractivity contribution in [3.63, 3.8) is 0 Å². The van der Waals surface area contributed by atoms with Crippen molar-refractivity contribution in [2.45, 2.75) is 58.1 Å². The number of amides is 3. The number of hydrogen-bond acceptors (Lipinski definition) is 6. The molecule has 1 fully saturated rings. The summed E-state index contributed by atoms with van der Waals surface area (Å²) in [6, 6.07) is -0.496. The molecule has 9 heteroatoms. The first kappa shape index (κ1) is 17.9. The quantitative estimate of drug-likeness (QED) is 0.604. The van der Waals surface area contributed by atoms with Crippen molar-refractivity contribution in [1.29, 1.82) is 0 Å². The molecule has 0 spiro atoms. The fourth-order valence-corrected chi connectivity index (χ4v) is 2.29. The first-order valence-corrected chi connectivity index (χ1v) is 7.96. The van der Waals surface area contributed by atoms with Crippen LogP contribution in [-0.2, 0) is 20.7 Å². The van der Waals surface area contributed by atoms with E-state index < -0.39 is 17.7 Å². The van der Waals surface area contributed by atoms with E-state index >= 15 is 0 Å². The lowest BCUT2D eigenvalue weighted by molar-refractivity contribution is -0.136. The molecular formula is C15H23N5O4. The van der Waals surface area contributed by atoms with Crippen molar-refractivity contribution in [2.24, 2.45) is 0 Å². The number of piperidine rings is 1. The number of rotatable bonds is 5. The van der Waals surface area contributed by atoms with Gasteiger partial charge in [0.05, 0.1) is 5.69 Å². The number of alkyl carbamates (subject to hydrolysis) is 1. The third kappa shape index (κ3) is 5.32. The Hall–Kier alpha value is -2.45. The number of aromatic nitrogens is 3. The lowest BCUT2D eigenvalue weighted by atomic mass is 10.1. The molecule has 0 aliphatic carbocycles. The highest BCUT2D eigenvalue weighted by atomic mass is 16.6. The Morgan fingerprint density at radius 2 is 2.21 bits per heavy atom. The standard InChI is InChI=1S/C15H23N5O4/c1-15(2,3)24-14(23)16-8-4-5-10-9-20(19-18-10)11-6-7-12(21)17-13(11)22/h9,11H,4-8H2,1-3H3,(H,16,23)(H,17,21,22). The number of hydrogen-bond donors (Lipinski definition) is 2. The summed E-state index contributed by atoms with van der Waals surface area (Å²) >= 11 is 0. The van der Waals surface area contributed by atoms with Crippen LogP contribution in [-0.4, -0.2) is 45.0 Å². The Kier molecular flexibility index (Phi) is 5.53. The predicted octanol–water partition coefficient (Wildman–Crippen LogP) is 0.713. The van der Waals surface area contributed by atoms with Crippen LogP contribution in [0, 0.1) is 0 Å². The molecule has 1 aliphatic rings. The molecule has 2 N–H and O–H groups in total. The molecule has 0 aromatic carbocycles. The van der Waals surface area contributed by atoms with Crippen LogP contribution in [0.3, 0.4) is 0 Å². The third-order valence-corrected chi connectivity index (χ3v) is 3.37. The average Bonchev–Trinajstić information content (AvgIpc) is 2.90. The topological polar surface area (TPSA) is 115 Å². The fraction of sp³-hybridized carbons (Fsp3) is 0.667.